The van der Waals surface area contributed by atoms with Crippen molar-refractivity contribution in [2.24, 2.45) is 0 Å². The molecule has 0 bridgehead atoms. The lowest BCUT2D eigenvalue weighted by atomic mass is 10.3. The fourth-order valence-corrected chi connectivity index (χ4v) is 1.52. The van der Waals surface area contributed by atoms with Gasteiger partial charge in [0, 0.05) is 5.38 Å². The van der Waals surface area contributed by atoms with E-state index in [0.29, 0.717) is 10.7 Å². The predicted molar refractivity (Wildman–Crippen MR) is 46.5 cm³/mol. The number of halogens is 1. The zero-order chi connectivity index (χ0) is 8.97. The fraction of sp³-hybridized carbons (Fsp3) is 0.286. The third kappa shape index (κ3) is 2.03. The number of carbonyl (C=O) groups excluding carboxylic acids is 1. The summed E-state index contributed by atoms with van der Waals surface area (Å²) in [5.74, 6) is -0.257. The van der Waals surface area contributed by atoms with E-state index in [4.69, 9.17) is 16.9 Å². The minimum absolute atomic E-state index is 0.0598. The fourth-order valence-electron chi connectivity index (χ4n) is 0.656. The number of aromatic nitrogens is 1. The summed E-state index contributed by atoms with van der Waals surface area (Å²) in [5, 5.41) is 10.6. The number of Topliss-reactive ketones (excluding diaryl/α,β-unsaturated/α-hetero) is 1. The standard InChI is InChI=1S/C7H5ClN2OS/c8-3-6(11)5-4-12-7(10-5)1-2-9/h4H,1,3H2. The molecule has 0 aromatic carbocycles. The third-order valence-electron chi connectivity index (χ3n) is 1.19. The van der Waals surface area contributed by atoms with Gasteiger partial charge >= 0.3 is 0 Å². The number of ketones is 1. The van der Waals surface area contributed by atoms with Crippen LogP contribution in [0.3, 0.4) is 0 Å². The summed E-state index contributed by atoms with van der Waals surface area (Å²) < 4.78 is 0. The van der Waals surface area contributed by atoms with E-state index in [2.05, 4.69) is 4.98 Å². The van der Waals surface area contributed by atoms with Crippen molar-refractivity contribution in [3.8, 4) is 6.07 Å². The van der Waals surface area contributed by atoms with Crippen LogP contribution >= 0.6 is 22.9 Å². The Bertz CT molecular complexity index is 328. The van der Waals surface area contributed by atoms with Gasteiger partial charge in [-0.25, -0.2) is 4.98 Å². The Morgan fingerprint density at radius 1 is 1.83 bits per heavy atom. The molecule has 5 heteroatoms. The predicted octanol–water partition coefficient (Wildman–Crippen LogP) is 1.63. The first kappa shape index (κ1) is 9.17. The Morgan fingerprint density at radius 3 is 3.17 bits per heavy atom. The summed E-state index contributed by atoms with van der Waals surface area (Å²) in [6, 6.07) is 1.96. The molecule has 12 heavy (non-hydrogen) atoms. The molecule has 0 saturated heterocycles. The molecule has 0 aliphatic carbocycles. The molecule has 0 aliphatic rings. The van der Waals surface area contributed by atoms with E-state index in [9.17, 15) is 4.79 Å². The maximum absolute atomic E-state index is 11.0. The molecule has 1 aromatic heterocycles. The van der Waals surface area contributed by atoms with Gasteiger partial charge in [-0.1, -0.05) is 0 Å². The number of carbonyl (C=O) groups is 1. The van der Waals surface area contributed by atoms with Crippen LogP contribution < -0.4 is 0 Å². The zero-order valence-corrected chi connectivity index (χ0v) is 7.65. The molecular formula is C7H5ClN2OS. The highest BCUT2D eigenvalue weighted by atomic mass is 35.5. The highest BCUT2D eigenvalue weighted by Crippen LogP contribution is 2.10. The molecule has 1 heterocycles. The van der Waals surface area contributed by atoms with Gasteiger partial charge in [0.15, 0.2) is 5.78 Å². The van der Waals surface area contributed by atoms with E-state index in [1.165, 1.54) is 11.3 Å². The van der Waals surface area contributed by atoms with Crippen molar-refractivity contribution < 1.29 is 4.79 Å². The monoisotopic (exact) mass is 200 g/mol. The maximum Gasteiger partial charge on any atom is 0.196 e. The quantitative estimate of drug-likeness (QED) is 0.551. The second kappa shape index (κ2) is 4.19. The van der Waals surface area contributed by atoms with Gasteiger partial charge in [0.2, 0.25) is 0 Å². The first-order valence-corrected chi connectivity index (χ1v) is 4.60. The van der Waals surface area contributed by atoms with Crippen molar-refractivity contribution in [3.63, 3.8) is 0 Å². The molecule has 1 rings (SSSR count). The highest BCUT2D eigenvalue weighted by Gasteiger charge is 2.08. The SMILES string of the molecule is N#CCc1nc(C(=O)CCl)cs1. The zero-order valence-electron chi connectivity index (χ0n) is 6.08. The van der Waals surface area contributed by atoms with Crippen molar-refractivity contribution in [2.75, 3.05) is 5.88 Å². The summed E-state index contributed by atoms with van der Waals surface area (Å²) in [7, 11) is 0. The molecule has 62 valence electrons. The van der Waals surface area contributed by atoms with Crippen LogP contribution in [0.15, 0.2) is 5.38 Å². The lowest BCUT2D eigenvalue weighted by molar-refractivity contribution is 0.101. The van der Waals surface area contributed by atoms with Crippen LogP contribution in [0.2, 0.25) is 0 Å². The van der Waals surface area contributed by atoms with Crippen molar-refractivity contribution in [1.82, 2.24) is 4.98 Å². The van der Waals surface area contributed by atoms with Gasteiger partial charge in [-0.15, -0.1) is 22.9 Å². The van der Waals surface area contributed by atoms with Gasteiger partial charge in [0.25, 0.3) is 0 Å². The van der Waals surface area contributed by atoms with Crippen LogP contribution in [0.25, 0.3) is 0 Å². The molecule has 0 aliphatic heterocycles. The van der Waals surface area contributed by atoms with E-state index in [-0.39, 0.29) is 18.1 Å². The molecular weight excluding hydrogens is 196 g/mol. The van der Waals surface area contributed by atoms with Gasteiger partial charge in [-0.2, -0.15) is 5.26 Å². The molecule has 0 unspecified atom stereocenters. The number of alkyl halides is 1. The van der Waals surface area contributed by atoms with Crippen molar-refractivity contribution in [3.05, 3.63) is 16.1 Å². The molecule has 0 saturated carbocycles. The topological polar surface area (TPSA) is 53.8 Å². The largest absolute Gasteiger partial charge is 0.291 e. The Balaban J connectivity index is 2.78. The Hall–Kier alpha value is -0.920. The van der Waals surface area contributed by atoms with E-state index in [1.54, 1.807) is 5.38 Å². The molecule has 0 spiro atoms. The molecule has 0 N–H and O–H groups in total. The maximum atomic E-state index is 11.0. The molecule has 1 aromatic rings. The molecule has 0 atom stereocenters. The highest BCUT2D eigenvalue weighted by molar-refractivity contribution is 7.09. The normalized spacial score (nSPS) is 9.33. The van der Waals surface area contributed by atoms with E-state index < -0.39 is 0 Å². The summed E-state index contributed by atoms with van der Waals surface area (Å²) in [4.78, 5) is 14.9. The number of hydrogen-bond acceptors (Lipinski definition) is 4. The number of thiazole rings is 1. The minimum Gasteiger partial charge on any atom is -0.291 e. The number of nitrogens with zero attached hydrogens (tertiary/aromatic N) is 2. The summed E-state index contributed by atoms with van der Waals surface area (Å²) >= 11 is 6.63. The second-order valence-electron chi connectivity index (χ2n) is 2.02. The molecule has 3 nitrogen and oxygen atoms in total. The van der Waals surface area contributed by atoms with Crippen molar-refractivity contribution in [1.29, 1.82) is 5.26 Å². The molecule has 0 fully saturated rings. The Labute approximate surface area is 78.6 Å². The average molecular weight is 201 g/mol. The lowest BCUT2D eigenvalue weighted by Gasteiger charge is -1.86. The Kier molecular flexibility index (Phi) is 3.20. The number of nitriles is 1. The van der Waals surface area contributed by atoms with Crippen molar-refractivity contribution in [2.45, 2.75) is 6.42 Å². The lowest BCUT2D eigenvalue weighted by Crippen LogP contribution is -2.00. The molecule has 0 amide bonds. The van der Waals surface area contributed by atoms with Gasteiger partial charge in [0.1, 0.15) is 10.7 Å². The van der Waals surface area contributed by atoms with E-state index in [0.717, 1.165) is 0 Å². The first-order chi connectivity index (χ1) is 5.77. The van der Waals surface area contributed by atoms with Crippen LogP contribution in [0, 0.1) is 11.3 Å². The average Bonchev–Trinajstić information content (AvgIpc) is 2.52. The number of rotatable bonds is 3. The van der Waals surface area contributed by atoms with Crippen LogP contribution in [-0.2, 0) is 6.42 Å². The van der Waals surface area contributed by atoms with Crippen LogP contribution in [-0.4, -0.2) is 16.6 Å². The second-order valence-corrected chi connectivity index (χ2v) is 3.23. The summed E-state index contributed by atoms with van der Waals surface area (Å²) in [5.41, 5.74) is 0.361. The van der Waals surface area contributed by atoms with Crippen LogP contribution in [0.5, 0.6) is 0 Å². The van der Waals surface area contributed by atoms with Gasteiger partial charge in [-0.3, -0.25) is 4.79 Å². The minimum atomic E-state index is -0.197. The Morgan fingerprint density at radius 2 is 2.58 bits per heavy atom. The van der Waals surface area contributed by atoms with Gasteiger partial charge in [-0.05, 0) is 0 Å². The van der Waals surface area contributed by atoms with Crippen molar-refractivity contribution >= 4 is 28.7 Å². The first-order valence-electron chi connectivity index (χ1n) is 3.18. The summed E-state index contributed by atoms with van der Waals surface area (Å²) in [6.45, 7) is 0. The van der Waals surface area contributed by atoms with Crippen LogP contribution in [0.4, 0.5) is 0 Å². The van der Waals surface area contributed by atoms with Gasteiger partial charge in [0.05, 0.1) is 18.4 Å². The molecule has 0 radical (unpaired) electrons. The van der Waals surface area contributed by atoms with E-state index >= 15 is 0 Å². The van der Waals surface area contributed by atoms with Crippen LogP contribution in [0.1, 0.15) is 15.5 Å². The number of hydrogen-bond donors (Lipinski definition) is 0. The van der Waals surface area contributed by atoms with Gasteiger partial charge < -0.3 is 0 Å². The third-order valence-corrected chi connectivity index (χ3v) is 2.28. The van der Waals surface area contributed by atoms with E-state index in [1.807, 2.05) is 6.07 Å². The summed E-state index contributed by atoms with van der Waals surface area (Å²) in [6.07, 6.45) is 0.250. The smallest absolute Gasteiger partial charge is 0.196 e.